The number of benzene rings is 3. The molecule has 0 fully saturated rings. The number of amides is 1. The molecule has 0 spiro atoms. The summed E-state index contributed by atoms with van der Waals surface area (Å²) in [6.07, 6.45) is 1.33. The van der Waals surface area contributed by atoms with Crippen LogP contribution >= 0.6 is 23.4 Å². The summed E-state index contributed by atoms with van der Waals surface area (Å²) in [5.41, 5.74) is 3.37. The molecule has 36 heavy (non-hydrogen) atoms. The summed E-state index contributed by atoms with van der Waals surface area (Å²) in [5.74, 6) is -0.0461. The van der Waals surface area contributed by atoms with E-state index in [1.165, 1.54) is 10.5 Å². The fourth-order valence-electron chi connectivity index (χ4n) is 3.85. The molecule has 1 N–H and O–H groups in total. The number of aromatic nitrogens is 2. The second kappa shape index (κ2) is 10.3. The van der Waals surface area contributed by atoms with Gasteiger partial charge in [-0.3, -0.25) is 9.10 Å². The number of fused-ring (bicyclic) bond motifs is 3. The number of carbonyl (C=O) groups excluding carboxylic acids is 1. The fourth-order valence-corrected chi connectivity index (χ4v) is 6.18. The Morgan fingerprint density at radius 2 is 1.67 bits per heavy atom. The molecule has 0 aliphatic carbocycles. The summed E-state index contributed by atoms with van der Waals surface area (Å²) in [7, 11) is -3.91. The van der Waals surface area contributed by atoms with Crippen LogP contribution in [0.15, 0.2) is 95.1 Å². The molecule has 0 atom stereocenters. The van der Waals surface area contributed by atoms with Gasteiger partial charge in [0.2, 0.25) is 5.91 Å². The Morgan fingerprint density at radius 3 is 2.44 bits per heavy atom. The van der Waals surface area contributed by atoms with E-state index in [1.807, 2.05) is 42.5 Å². The zero-order chi connectivity index (χ0) is 25.1. The van der Waals surface area contributed by atoms with Crippen molar-refractivity contribution < 1.29 is 13.2 Å². The van der Waals surface area contributed by atoms with Gasteiger partial charge in [-0.05, 0) is 29.3 Å². The Labute approximate surface area is 218 Å². The summed E-state index contributed by atoms with van der Waals surface area (Å²) in [4.78, 5) is 21.1. The van der Waals surface area contributed by atoms with Crippen molar-refractivity contribution in [2.24, 2.45) is 0 Å². The standard InChI is InChI=1S/C26H21ClN4O3S2/c27-20-12-10-19(11-13-20)16-31-22-9-5-4-8-21(22)25-23(36(31,33)34)15-29-26(30-25)35-17-24(32)28-14-18-6-2-1-3-7-18/h1-13,15H,14,16-17H2,(H,28,32). The van der Waals surface area contributed by atoms with Gasteiger partial charge in [-0.15, -0.1) is 0 Å². The van der Waals surface area contributed by atoms with Crippen LogP contribution in [0.3, 0.4) is 0 Å². The van der Waals surface area contributed by atoms with Crippen molar-refractivity contribution in [2.75, 3.05) is 10.1 Å². The normalized spacial score (nSPS) is 13.5. The van der Waals surface area contributed by atoms with Crippen LogP contribution in [0.5, 0.6) is 0 Å². The third-order valence-electron chi connectivity index (χ3n) is 5.63. The minimum absolute atomic E-state index is 0.0352. The predicted molar refractivity (Wildman–Crippen MR) is 141 cm³/mol. The fraction of sp³-hybridized carbons (Fsp3) is 0.115. The van der Waals surface area contributed by atoms with E-state index in [9.17, 15) is 13.2 Å². The van der Waals surface area contributed by atoms with Gasteiger partial charge in [0.25, 0.3) is 10.0 Å². The van der Waals surface area contributed by atoms with Crippen molar-refractivity contribution in [1.29, 1.82) is 0 Å². The molecule has 5 rings (SSSR count). The topological polar surface area (TPSA) is 92.3 Å². The summed E-state index contributed by atoms with van der Waals surface area (Å²) in [5, 5.41) is 3.78. The molecular formula is C26H21ClN4O3S2. The number of halogens is 1. The Balaban J connectivity index is 1.37. The van der Waals surface area contributed by atoms with Crippen LogP contribution in [0, 0.1) is 0 Å². The average molecular weight is 537 g/mol. The number of hydrogen-bond acceptors (Lipinski definition) is 6. The molecule has 1 aliphatic rings. The highest BCUT2D eigenvalue weighted by atomic mass is 35.5. The second-order valence-electron chi connectivity index (χ2n) is 8.07. The first-order chi connectivity index (χ1) is 17.4. The van der Waals surface area contributed by atoms with Gasteiger partial charge in [-0.25, -0.2) is 18.4 Å². The molecule has 4 aromatic rings. The molecular weight excluding hydrogens is 516 g/mol. The van der Waals surface area contributed by atoms with E-state index in [1.54, 1.807) is 36.4 Å². The number of carbonyl (C=O) groups is 1. The third-order valence-corrected chi connectivity index (χ3v) is 8.51. The van der Waals surface area contributed by atoms with Gasteiger partial charge in [-0.1, -0.05) is 84.0 Å². The van der Waals surface area contributed by atoms with Crippen LogP contribution in [0.1, 0.15) is 11.1 Å². The van der Waals surface area contributed by atoms with Gasteiger partial charge in [0.15, 0.2) is 5.16 Å². The Kier molecular flexibility index (Phi) is 6.95. The quantitative estimate of drug-likeness (QED) is 0.266. The lowest BCUT2D eigenvalue weighted by Crippen LogP contribution is -2.34. The van der Waals surface area contributed by atoms with Gasteiger partial charge < -0.3 is 5.32 Å². The molecule has 0 bridgehead atoms. The summed E-state index contributed by atoms with van der Waals surface area (Å²) in [6, 6.07) is 23.9. The zero-order valence-electron chi connectivity index (χ0n) is 19.0. The molecule has 1 amide bonds. The number of thioether (sulfide) groups is 1. The van der Waals surface area contributed by atoms with E-state index in [0.717, 1.165) is 22.9 Å². The van der Waals surface area contributed by atoms with E-state index in [2.05, 4.69) is 15.3 Å². The first kappa shape index (κ1) is 24.3. The van der Waals surface area contributed by atoms with Crippen LogP contribution < -0.4 is 9.62 Å². The predicted octanol–water partition coefficient (Wildman–Crippen LogP) is 4.91. The molecule has 3 aromatic carbocycles. The number of rotatable bonds is 7. The number of sulfonamides is 1. The third kappa shape index (κ3) is 5.09. The SMILES string of the molecule is O=C(CSc1ncc2c(n1)-c1ccccc1N(Cc1ccc(Cl)cc1)S2(=O)=O)NCc1ccccc1. The number of hydrogen-bond donors (Lipinski definition) is 1. The largest absolute Gasteiger partial charge is 0.351 e. The average Bonchev–Trinajstić information content (AvgIpc) is 2.90. The van der Waals surface area contributed by atoms with E-state index < -0.39 is 10.0 Å². The van der Waals surface area contributed by atoms with Gasteiger partial charge in [0.05, 0.1) is 29.9 Å². The molecule has 2 heterocycles. The smallest absolute Gasteiger partial charge is 0.268 e. The Bertz CT molecular complexity index is 1510. The molecule has 0 saturated heterocycles. The van der Waals surface area contributed by atoms with E-state index in [0.29, 0.717) is 33.7 Å². The van der Waals surface area contributed by atoms with Crippen molar-refractivity contribution in [2.45, 2.75) is 23.1 Å². The van der Waals surface area contributed by atoms with Crippen LogP contribution in [-0.2, 0) is 27.9 Å². The van der Waals surface area contributed by atoms with Crippen molar-refractivity contribution in [3.05, 3.63) is 101 Å². The molecule has 0 unspecified atom stereocenters. The lowest BCUT2D eigenvalue weighted by Gasteiger charge is -2.31. The van der Waals surface area contributed by atoms with Gasteiger partial charge in [-0.2, -0.15) is 0 Å². The molecule has 0 saturated carbocycles. The first-order valence-electron chi connectivity index (χ1n) is 11.1. The van der Waals surface area contributed by atoms with Crippen molar-refractivity contribution in [3.63, 3.8) is 0 Å². The maximum Gasteiger partial charge on any atom is 0.268 e. The summed E-state index contributed by atoms with van der Waals surface area (Å²) < 4.78 is 28.5. The maximum atomic E-state index is 13.6. The highest BCUT2D eigenvalue weighted by Gasteiger charge is 2.36. The minimum atomic E-state index is -3.91. The molecule has 1 aliphatic heterocycles. The number of nitrogens with zero attached hydrogens (tertiary/aromatic N) is 3. The van der Waals surface area contributed by atoms with Crippen molar-refractivity contribution in [1.82, 2.24) is 15.3 Å². The van der Waals surface area contributed by atoms with Gasteiger partial charge in [0, 0.05) is 17.1 Å². The van der Waals surface area contributed by atoms with E-state index in [4.69, 9.17) is 11.6 Å². The minimum Gasteiger partial charge on any atom is -0.351 e. The second-order valence-corrected chi connectivity index (χ2v) is 11.3. The molecule has 1 aromatic heterocycles. The van der Waals surface area contributed by atoms with E-state index >= 15 is 0 Å². The number of anilines is 1. The molecule has 7 nitrogen and oxygen atoms in total. The van der Waals surface area contributed by atoms with Gasteiger partial charge in [0.1, 0.15) is 4.90 Å². The van der Waals surface area contributed by atoms with Crippen molar-refractivity contribution >= 4 is 45.0 Å². The highest BCUT2D eigenvalue weighted by Crippen LogP contribution is 2.42. The number of para-hydroxylation sites is 1. The zero-order valence-corrected chi connectivity index (χ0v) is 21.4. The highest BCUT2D eigenvalue weighted by molar-refractivity contribution is 7.99. The van der Waals surface area contributed by atoms with E-state index in [-0.39, 0.29) is 23.1 Å². The summed E-state index contributed by atoms with van der Waals surface area (Å²) in [6.45, 7) is 0.578. The molecule has 0 radical (unpaired) electrons. The van der Waals surface area contributed by atoms with Gasteiger partial charge >= 0.3 is 0 Å². The number of nitrogens with one attached hydrogen (secondary N) is 1. The lowest BCUT2D eigenvalue weighted by molar-refractivity contribution is -0.118. The first-order valence-corrected chi connectivity index (χ1v) is 13.9. The maximum absolute atomic E-state index is 13.6. The molecule has 182 valence electrons. The Morgan fingerprint density at radius 1 is 0.944 bits per heavy atom. The van der Waals surface area contributed by atoms with Crippen LogP contribution in [-0.4, -0.2) is 30.0 Å². The van der Waals surface area contributed by atoms with Crippen LogP contribution in [0.4, 0.5) is 5.69 Å². The van der Waals surface area contributed by atoms with Crippen LogP contribution in [0.25, 0.3) is 11.3 Å². The lowest BCUT2D eigenvalue weighted by atomic mass is 10.1. The van der Waals surface area contributed by atoms with Crippen molar-refractivity contribution in [3.8, 4) is 11.3 Å². The monoisotopic (exact) mass is 536 g/mol. The Hall–Kier alpha value is -3.40. The van der Waals surface area contributed by atoms with Crippen LogP contribution in [0.2, 0.25) is 5.02 Å². The molecule has 10 heteroatoms. The summed E-state index contributed by atoms with van der Waals surface area (Å²) >= 11 is 7.15.